The maximum atomic E-state index is 12.6. The smallest absolute Gasteiger partial charge is 0.255 e. The molecule has 112 valence electrons. The van der Waals surface area contributed by atoms with Gasteiger partial charge in [0.2, 0.25) is 0 Å². The number of hydrogen-bond acceptors (Lipinski definition) is 1. The molecule has 0 aliphatic heterocycles. The summed E-state index contributed by atoms with van der Waals surface area (Å²) in [6, 6.07) is 18.4. The monoisotopic (exact) mass is 292 g/mol. The zero-order valence-corrected chi connectivity index (χ0v) is 13.0. The molecule has 0 spiro atoms. The molecule has 0 bridgehead atoms. The molecule has 0 radical (unpaired) electrons. The van der Waals surface area contributed by atoms with Crippen LogP contribution in [0.3, 0.4) is 0 Å². The number of carbonyl (C=O) groups excluding carboxylic acids is 1. The Morgan fingerprint density at radius 1 is 1.05 bits per heavy atom. The molecule has 0 saturated carbocycles. The van der Waals surface area contributed by atoms with E-state index in [4.69, 9.17) is 0 Å². The van der Waals surface area contributed by atoms with Crippen molar-refractivity contribution in [2.24, 2.45) is 0 Å². The van der Waals surface area contributed by atoms with Crippen molar-refractivity contribution in [1.82, 2.24) is 9.47 Å². The van der Waals surface area contributed by atoms with E-state index in [1.165, 1.54) is 5.56 Å². The van der Waals surface area contributed by atoms with E-state index in [1.54, 1.807) is 4.90 Å². The molecule has 0 aliphatic rings. The Bertz CT molecular complexity index is 790. The summed E-state index contributed by atoms with van der Waals surface area (Å²) in [5.74, 6) is 0.0745. The molecule has 22 heavy (non-hydrogen) atoms. The topological polar surface area (TPSA) is 25.2 Å². The SMILES string of the molecule is CCN(C)C(=O)c1cn(Cc2ccccc2)c2ccccc12. The van der Waals surface area contributed by atoms with Crippen LogP contribution in [0, 0.1) is 0 Å². The molecule has 2 aromatic carbocycles. The summed E-state index contributed by atoms with van der Waals surface area (Å²) in [5.41, 5.74) is 3.10. The quantitative estimate of drug-likeness (QED) is 0.718. The largest absolute Gasteiger partial charge is 0.342 e. The van der Waals surface area contributed by atoms with Crippen molar-refractivity contribution in [2.45, 2.75) is 13.5 Å². The number of para-hydroxylation sites is 1. The molecule has 3 nitrogen and oxygen atoms in total. The maximum Gasteiger partial charge on any atom is 0.255 e. The lowest BCUT2D eigenvalue weighted by molar-refractivity contribution is 0.0804. The van der Waals surface area contributed by atoms with Crippen LogP contribution < -0.4 is 0 Å². The lowest BCUT2D eigenvalue weighted by atomic mass is 10.1. The van der Waals surface area contributed by atoms with Crippen molar-refractivity contribution in [2.75, 3.05) is 13.6 Å². The first-order valence-corrected chi connectivity index (χ1v) is 7.58. The fraction of sp³-hybridized carbons (Fsp3) is 0.211. The average Bonchev–Trinajstić information content (AvgIpc) is 2.93. The molecule has 0 aliphatic carbocycles. The second-order valence-electron chi connectivity index (χ2n) is 5.49. The number of hydrogen-bond donors (Lipinski definition) is 0. The normalized spacial score (nSPS) is 10.8. The predicted octanol–water partition coefficient (Wildman–Crippen LogP) is 3.78. The van der Waals surface area contributed by atoms with E-state index < -0.39 is 0 Å². The van der Waals surface area contributed by atoms with Gasteiger partial charge in [0.25, 0.3) is 5.91 Å². The van der Waals surface area contributed by atoms with E-state index in [0.717, 1.165) is 23.0 Å². The lowest BCUT2D eigenvalue weighted by Crippen LogP contribution is -2.26. The summed E-state index contributed by atoms with van der Waals surface area (Å²) >= 11 is 0. The minimum atomic E-state index is 0.0745. The zero-order valence-electron chi connectivity index (χ0n) is 13.0. The molecule has 1 amide bonds. The van der Waals surface area contributed by atoms with Crippen molar-refractivity contribution in [1.29, 1.82) is 0 Å². The molecule has 0 fully saturated rings. The lowest BCUT2D eigenvalue weighted by Gasteiger charge is -2.13. The minimum Gasteiger partial charge on any atom is -0.342 e. The van der Waals surface area contributed by atoms with Crippen LogP contribution in [0.5, 0.6) is 0 Å². The third kappa shape index (κ3) is 2.62. The summed E-state index contributed by atoms with van der Waals surface area (Å²) in [4.78, 5) is 14.3. The van der Waals surface area contributed by atoms with Crippen LogP contribution in [0.1, 0.15) is 22.8 Å². The van der Waals surface area contributed by atoms with Gasteiger partial charge < -0.3 is 9.47 Å². The van der Waals surface area contributed by atoms with Gasteiger partial charge in [-0.25, -0.2) is 0 Å². The maximum absolute atomic E-state index is 12.6. The summed E-state index contributed by atoms with van der Waals surface area (Å²) in [5, 5.41) is 1.02. The standard InChI is InChI=1S/C19H20N2O/c1-3-20(2)19(22)17-14-21(13-15-9-5-4-6-10-15)18-12-8-7-11-16(17)18/h4-12,14H,3,13H2,1-2H3. The van der Waals surface area contributed by atoms with Gasteiger partial charge in [0.05, 0.1) is 5.56 Å². The molecule has 0 atom stereocenters. The van der Waals surface area contributed by atoms with Crippen molar-refractivity contribution in [3.05, 3.63) is 71.9 Å². The van der Waals surface area contributed by atoms with Gasteiger partial charge in [-0.1, -0.05) is 48.5 Å². The van der Waals surface area contributed by atoms with Crippen LogP contribution in [-0.2, 0) is 6.54 Å². The Kier molecular flexibility index (Phi) is 3.96. The number of carbonyl (C=O) groups is 1. The van der Waals surface area contributed by atoms with Gasteiger partial charge in [0, 0.05) is 37.2 Å². The minimum absolute atomic E-state index is 0.0745. The van der Waals surface area contributed by atoms with Crippen LogP contribution in [-0.4, -0.2) is 29.0 Å². The Labute approximate surface area is 130 Å². The summed E-state index contributed by atoms with van der Waals surface area (Å²) in [6.07, 6.45) is 1.98. The highest BCUT2D eigenvalue weighted by molar-refractivity contribution is 6.06. The van der Waals surface area contributed by atoms with Crippen molar-refractivity contribution in [3.8, 4) is 0 Å². The highest BCUT2D eigenvalue weighted by Gasteiger charge is 2.17. The number of amides is 1. The molecule has 0 unspecified atom stereocenters. The van der Waals surface area contributed by atoms with Gasteiger partial charge in [-0.15, -0.1) is 0 Å². The zero-order chi connectivity index (χ0) is 15.5. The van der Waals surface area contributed by atoms with Crippen LogP contribution in [0.15, 0.2) is 60.8 Å². The summed E-state index contributed by atoms with van der Waals surface area (Å²) < 4.78 is 2.15. The Morgan fingerprint density at radius 2 is 1.73 bits per heavy atom. The predicted molar refractivity (Wildman–Crippen MR) is 90.1 cm³/mol. The Hall–Kier alpha value is -2.55. The molecule has 1 heterocycles. The van der Waals surface area contributed by atoms with Crippen molar-refractivity contribution >= 4 is 16.8 Å². The fourth-order valence-electron chi connectivity index (χ4n) is 2.68. The van der Waals surface area contributed by atoms with Crippen molar-refractivity contribution < 1.29 is 4.79 Å². The molecule has 3 aromatic rings. The number of benzene rings is 2. The van der Waals surface area contributed by atoms with E-state index in [9.17, 15) is 4.79 Å². The first-order valence-electron chi connectivity index (χ1n) is 7.58. The van der Waals surface area contributed by atoms with Gasteiger partial charge >= 0.3 is 0 Å². The number of rotatable bonds is 4. The third-order valence-electron chi connectivity index (χ3n) is 4.04. The molecule has 3 rings (SSSR count). The third-order valence-corrected chi connectivity index (χ3v) is 4.04. The van der Waals surface area contributed by atoms with E-state index in [0.29, 0.717) is 6.54 Å². The van der Waals surface area contributed by atoms with Crippen LogP contribution in [0.25, 0.3) is 10.9 Å². The Balaban J connectivity index is 2.06. The van der Waals surface area contributed by atoms with E-state index in [2.05, 4.69) is 22.8 Å². The van der Waals surface area contributed by atoms with E-state index in [-0.39, 0.29) is 5.91 Å². The molecular formula is C19H20N2O. The molecular weight excluding hydrogens is 272 g/mol. The number of nitrogens with zero attached hydrogens (tertiary/aromatic N) is 2. The van der Waals surface area contributed by atoms with Gasteiger partial charge in [0.15, 0.2) is 0 Å². The second-order valence-corrected chi connectivity index (χ2v) is 5.49. The van der Waals surface area contributed by atoms with E-state index in [1.807, 2.05) is 56.6 Å². The number of fused-ring (bicyclic) bond motifs is 1. The molecule has 3 heteroatoms. The Morgan fingerprint density at radius 3 is 2.45 bits per heavy atom. The first kappa shape index (κ1) is 14.4. The van der Waals surface area contributed by atoms with Crippen LogP contribution in [0.2, 0.25) is 0 Å². The first-order chi connectivity index (χ1) is 10.7. The molecule has 0 N–H and O–H groups in total. The van der Waals surface area contributed by atoms with Crippen LogP contribution >= 0.6 is 0 Å². The van der Waals surface area contributed by atoms with Crippen LogP contribution in [0.4, 0.5) is 0 Å². The average molecular weight is 292 g/mol. The second kappa shape index (κ2) is 6.06. The van der Waals surface area contributed by atoms with Gasteiger partial charge in [-0.2, -0.15) is 0 Å². The van der Waals surface area contributed by atoms with Gasteiger partial charge in [-0.3, -0.25) is 4.79 Å². The highest BCUT2D eigenvalue weighted by atomic mass is 16.2. The van der Waals surface area contributed by atoms with Gasteiger partial charge in [0.1, 0.15) is 0 Å². The fourth-order valence-corrected chi connectivity index (χ4v) is 2.68. The molecule has 1 aromatic heterocycles. The number of aromatic nitrogens is 1. The highest BCUT2D eigenvalue weighted by Crippen LogP contribution is 2.23. The summed E-state index contributed by atoms with van der Waals surface area (Å²) in [7, 11) is 1.84. The van der Waals surface area contributed by atoms with E-state index >= 15 is 0 Å². The van der Waals surface area contributed by atoms with Crippen molar-refractivity contribution in [3.63, 3.8) is 0 Å². The molecule has 0 saturated heterocycles. The summed E-state index contributed by atoms with van der Waals surface area (Å²) in [6.45, 7) is 3.46. The van der Waals surface area contributed by atoms with Gasteiger partial charge in [-0.05, 0) is 18.6 Å².